The molecule has 7 nitrogen and oxygen atoms in total. The molecule has 1 saturated heterocycles. The van der Waals surface area contributed by atoms with Crippen LogP contribution in [0.5, 0.6) is 11.5 Å². The second-order valence-electron chi connectivity index (χ2n) is 9.01. The van der Waals surface area contributed by atoms with Crippen LogP contribution in [0.3, 0.4) is 0 Å². The van der Waals surface area contributed by atoms with E-state index in [1.807, 2.05) is 36.4 Å². The van der Waals surface area contributed by atoms with Crippen LogP contribution < -0.4 is 14.8 Å². The first kappa shape index (κ1) is 23.6. The summed E-state index contributed by atoms with van der Waals surface area (Å²) in [5, 5.41) is 2.91. The number of ether oxygens (including phenoxy) is 2. The highest BCUT2D eigenvalue weighted by molar-refractivity contribution is 5.99. The highest BCUT2D eigenvalue weighted by atomic mass is 16.6. The van der Waals surface area contributed by atoms with E-state index in [1.54, 1.807) is 47.4 Å². The van der Waals surface area contributed by atoms with E-state index in [9.17, 15) is 14.4 Å². The van der Waals surface area contributed by atoms with E-state index in [1.165, 1.54) is 0 Å². The zero-order valence-electron chi connectivity index (χ0n) is 19.9. The van der Waals surface area contributed by atoms with Crippen molar-refractivity contribution in [3.05, 3.63) is 95.6 Å². The molecule has 0 aromatic heterocycles. The maximum atomic E-state index is 13.6. The quantitative estimate of drug-likeness (QED) is 0.534. The third-order valence-corrected chi connectivity index (χ3v) is 6.70. The third-order valence-electron chi connectivity index (χ3n) is 6.70. The van der Waals surface area contributed by atoms with Crippen LogP contribution in [0.2, 0.25) is 0 Å². The summed E-state index contributed by atoms with van der Waals surface area (Å²) in [6.45, 7) is 1.87. The average molecular weight is 485 g/mol. The lowest BCUT2D eigenvalue weighted by Crippen LogP contribution is -2.46. The van der Waals surface area contributed by atoms with Crippen LogP contribution in [0.25, 0.3) is 0 Å². The molecule has 1 fully saturated rings. The van der Waals surface area contributed by atoms with Crippen LogP contribution in [0.4, 0.5) is 0 Å². The van der Waals surface area contributed by atoms with Crippen molar-refractivity contribution < 1.29 is 23.9 Å². The molecule has 2 aliphatic heterocycles. The van der Waals surface area contributed by atoms with Gasteiger partial charge in [-0.3, -0.25) is 14.4 Å². The maximum absolute atomic E-state index is 13.6. The van der Waals surface area contributed by atoms with Gasteiger partial charge in [-0.15, -0.1) is 0 Å². The second kappa shape index (κ2) is 10.6. The molecule has 0 bridgehead atoms. The molecule has 1 N–H and O–H groups in total. The fraction of sp³-hybridized carbons (Fsp3) is 0.276. The molecular weight excluding hydrogens is 456 g/mol. The van der Waals surface area contributed by atoms with Gasteiger partial charge in [-0.25, -0.2) is 0 Å². The number of Topliss-reactive ketones (excluding diaryl/α,β-unsaturated/α-hetero) is 1. The number of nitrogens with one attached hydrogen (secondary N) is 1. The van der Waals surface area contributed by atoms with Gasteiger partial charge in [0.1, 0.15) is 19.3 Å². The van der Waals surface area contributed by atoms with Gasteiger partial charge < -0.3 is 19.7 Å². The number of carbonyl (C=O) groups excluding carboxylic acids is 3. The number of piperidine rings is 1. The number of ketones is 1. The predicted molar refractivity (Wildman–Crippen MR) is 134 cm³/mol. The van der Waals surface area contributed by atoms with Gasteiger partial charge in [0, 0.05) is 30.1 Å². The molecule has 3 aromatic rings. The Morgan fingerprint density at radius 2 is 1.42 bits per heavy atom. The van der Waals surface area contributed by atoms with Crippen molar-refractivity contribution in [2.45, 2.75) is 18.9 Å². The minimum atomic E-state index is -0.802. The summed E-state index contributed by atoms with van der Waals surface area (Å²) in [6, 6.07) is 22.6. The maximum Gasteiger partial charge on any atom is 0.252 e. The van der Waals surface area contributed by atoms with E-state index < -0.39 is 6.04 Å². The van der Waals surface area contributed by atoms with Gasteiger partial charge in [0.05, 0.1) is 0 Å². The number of benzene rings is 3. The summed E-state index contributed by atoms with van der Waals surface area (Å²) in [4.78, 5) is 41.3. The lowest BCUT2D eigenvalue weighted by molar-refractivity contribution is -0.134. The van der Waals surface area contributed by atoms with Crippen LogP contribution >= 0.6 is 0 Å². The second-order valence-corrected chi connectivity index (χ2v) is 9.01. The first-order valence-corrected chi connectivity index (χ1v) is 12.2. The molecule has 0 saturated carbocycles. The fourth-order valence-corrected chi connectivity index (χ4v) is 4.71. The average Bonchev–Trinajstić information content (AvgIpc) is 2.96. The Hall–Kier alpha value is -4.13. The Balaban J connectivity index is 1.26. The van der Waals surface area contributed by atoms with Crippen LogP contribution in [0, 0.1) is 5.92 Å². The highest BCUT2D eigenvalue weighted by Gasteiger charge is 2.33. The molecule has 7 heteroatoms. The van der Waals surface area contributed by atoms with Gasteiger partial charge >= 0.3 is 0 Å². The topological polar surface area (TPSA) is 84.9 Å². The number of hydrogen-bond donors (Lipinski definition) is 1. The van der Waals surface area contributed by atoms with Gasteiger partial charge in [0.15, 0.2) is 17.3 Å². The van der Waals surface area contributed by atoms with E-state index in [0.717, 1.165) is 5.56 Å². The molecule has 0 radical (unpaired) electrons. The van der Waals surface area contributed by atoms with Gasteiger partial charge in [-0.1, -0.05) is 48.5 Å². The number of rotatable bonds is 6. The minimum absolute atomic E-state index is 0.0519. The van der Waals surface area contributed by atoms with Crippen molar-refractivity contribution >= 4 is 17.6 Å². The molecule has 1 atom stereocenters. The molecule has 5 rings (SSSR count). The molecule has 0 aliphatic carbocycles. The number of nitrogens with zero attached hydrogens (tertiary/aromatic N) is 1. The van der Waals surface area contributed by atoms with Crippen LogP contribution in [0.1, 0.15) is 45.2 Å². The summed E-state index contributed by atoms with van der Waals surface area (Å²) in [5.74, 6) is 0.654. The van der Waals surface area contributed by atoms with E-state index in [4.69, 9.17) is 9.47 Å². The fourth-order valence-electron chi connectivity index (χ4n) is 4.71. The van der Waals surface area contributed by atoms with Crippen molar-refractivity contribution in [2.75, 3.05) is 26.3 Å². The van der Waals surface area contributed by atoms with Gasteiger partial charge in [-0.2, -0.15) is 0 Å². The van der Waals surface area contributed by atoms with Crippen molar-refractivity contribution in [2.24, 2.45) is 5.92 Å². The Bertz CT molecular complexity index is 1240. The first-order valence-electron chi connectivity index (χ1n) is 12.2. The number of amides is 2. The van der Waals surface area contributed by atoms with Crippen molar-refractivity contribution in [3.63, 3.8) is 0 Å². The number of hydrogen-bond acceptors (Lipinski definition) is 5. The third kappa shape index (κ3) is 5.10. The van der Waals surface area contributed by atoms with Gasteiger partial charge in [0.25, 0.3) is 5.91 Å². The van der Waals surface area contributed by atoms with Crippen LogP contribution in [0.15, 0.2) is 78.9 Å². The lowest BCUT2D eigenvalue weighted by Gasteiger charge is -2.34. The Kier molecular flexibility index (Phi) is 6.98. The lowest BCUT2D eigenvalue weighted by atomic mass is 9.88. The number of likely N-dealkylation sites (tertiary alicyclic amines) is 1. The SMILES string of the molecule is O=C(NC(C(=O)N1CCC(C(=O)c2ccc3c(c2)OCCO3)CC1)c1ccccc1)c1ccccc1. The highest BCUT2D eigenvalue weighted by Crippen LogP contribution is 2.33. The Morgan fingerprint density at radius 3 is 2.11 bits per heavy atom. The summed E-state index contributed by atoms with van der Waals surface area (Å²) < 4.78 is 11.2. The van der Waals surface area contributed by atoms with Crippen LogP contribution in [-0.2, 0) is 4.79 Å². The van der Waals surface area contributed by atoms with E-state index in [0.29, 0.717) is 61.8 Å². The molecule has 2 aliphatic rings. The summed E-state index contributed by atoms with van der Waals surface area (Å²) in [7, 11) is 0. The van der Waals surface area contributed by atoms with Crippen LogP contribution in [-0.4, -0.2) is 48.8 Å². The van der Waals surface area contributed by atoms with Gasteiger partial charge in [0.2, 0.25) is 5.91 Å². The van der Waals surface area contributed by atoms with E-state index >= 15 is 0 Å². The molecule has 0 spiro atoms. The zero-order valence-corrected chi connectivity index (χ0v) is 19.9. The number of fused-ring (bicyclic) bond motifs is 1. The summed E-state index contributed by atoms with van der Waals surface area (Å²) in [6.07, 6.45) is 1.13. The summed E-state index contributed by atoms with van der Waals surface area (Å²) in [5.41, 5.74) is 1.82. The van der Waals surface area contributed by atoms with E-state index in [-0.39, 0.29) is 23.5 Å². The number of carbonyl (C=O) groups is 3. The zero-order chi connectivity index (χ0) is 24.9. The largest absolute Gasteiger partial charge is 0.486 e. The molecular formula is C29H28N2O5. The Morgan fingerprint density at radius 1 is 0.778 bits per heavy atom. The minimum Gasteiger partial charge on any atom is -0.486 e. The van der Waals surface area contributed by atoms with Crippen molar-refractivity contribution in [3.8, 4) is 11.5 Å². The smallest absolute Gasteiger partial charge is 0.252 e. The van der Waals surface area contributed by atoms with E-state index in [2.05, 4.69) is 5.32 Å². The van der Waals surface area contributed by atoms with Gasteiger partial charge in [-0.05, 0) is 48.7 Å². The van der Waals surface area contributed by atoms with Crippen molar-refractivity contribution in [1.29, 1.82) is 0 Å². The Labute approximate surface area is 210 Å². The van der Waals surface area contributed by atoms with Crippen molar-refractivity contribution in [1.82, 2.24) is 10.2 Å². The molecule has 3 aromatic carbocycles. The molecule has 36 heavy (non-hydrogen) atoms. The normalized spacial score (nSPS) is 16.2. The molecule has 184 valence electrons. The first-order chi connectivity index (χ1) is 17.6. The molecule has 2 heterocycles. The monoisotopic (exact) mass is 484 g/mol. The standard InChI is InChI=1S/C29H28N2O5/c32-27(23-11-12-24-25(19-23)36-18-17-35-24)21-13-15-31(16-14-21)29(34)26(20-7-3-1-4-8-20)30-28(33)22-9-5-2-6-10-22/h1-12,19,21,26H,13-18H2,(H,30,33). The molecule has 2 amide bonds. The predicted octanol–water partition coefficient (Wildman–Crippen LogP) is 4.05. The summed E-state index contributed by atoms with van der Waals surface area (Å²) >= 11 is 0. The molecule has 1 unspecified atom stereocenters.